The van der Waals surface area contributed by atoms with Gasteiger partial charge in [-0.3, -0.25) is 0 Å². The van der Waals surface area contributed by atoms with Gasteiger partial charge in [-0.1, -0.05) is 39.3 Å². The second kappa shape index (κ2) is 6.82. The number of benzene rings is 1. The van der Waals surface area contributed by atoms with E-state index in [2.05, 4.69) is 32.1 Å². The third-order valence-corrected chi connectivity index (χ3v) is 3.64. The Morgan fingerprint density at radius 3 is 2.89 bits per heavy atom. The summed E-state index contributed by atoms with van der Waals surface area (Å²) in [5.74, 6) is 1.42. The number of nitrogens with two attached hydrogens (primary N) is 1. The van der Waals surface area contributed by atoms with Crippen LogP contribution in [0.4, 0.5) is 0 Å². The molecule has 4 nitrogen and oxygen atoms in total. The van der Waals surface area contributed by atoms with Crippen molar-refractivity contribution in [1.82, 2.24) is 10.1 Å². The van der Waals surface area contributed by atoms with Crippen molar-refractivity contribution in [2.45, 2.75) is 38.6 Å². The monoisotopic (exact) mass is 323 g/mol. The maximum Gasteiger partial charge on any atom is 0.226 e. The number of aromatic nitrogens is 2. The topological polar surface area (TPSA) is 64.9 Å². The van der Waals surface area contributed by atoms with Gasteiger partial charge < -0.3 is 10.3 Å². The summed E-state index contributed by atoms with van der Waals surface area (Å²) in [7, 11) is 0. The summed E-state index contributed by atoms with van der Waals surface area (Å²) in [5.41, 5.74) is 6.87. The highest BCUT2D eigenvalue weighted by molar-refractivity contribution is 9.10. The zero-order chi connectivity index (χ0) is 13.7. The van der Waals surface area contributed by atoms with Gasteiger partial charge in [-0.25, -0.2) is 0 Å². The highest BCUT2D eigenvalue weighted by atomic mass is 79.9. The molecule has 0 aliphatic carbocycles. The Morgan fingerprint density at radius 1 is 1.37 bits per heavy atom. The van der Waals surface area contributed by atoms with Gasteiger partial charge >= 0.3 is 0 Å². The van der Waals surface area contributed by atoms with Gasteiger partial charge in [-0.05, 0) is 31.4 Å². The third-order valence-electron chi connectivity index (χ3n) is 2.87. The van der Waals surface area contributed by atoms with Gasteiger partial charge in [0.1, 0.15) is 0 Å². The van der Waals surface area contributed by atoms with Crippen LogP contribution in [0.5, 0.6) is 0 Å². The molecule has 5 heteroatoms. The molecule has 0 radical (unpaired) electrons. The molecular formula is C14H18BrN3O. The second-order valence-electron chi connectivity index (χ2n) is 4.74. The Bertz CT molecular complexity index is 525. The van der Waals surface area contributed by atoms with Gasteiger partial charge in [0, 0.05) is 23.4 Å². The molecule has 1 atom stereocenters. The molecule has 0 fully saturated rings. The average molecular weight is 324 g/mol. The molecule has 2 rings (SSSR count). The van der Waals surface area contributed by atoms with Gasteiger partial charge in [0.05, 0.1) is 0 Å². The molecule has 0 spiro atoms. The summed E-state index contributed by atoms with van der Waals surface area (Å²) in [6, 6.07) is 8.28. The number of halogens is 1. The maximum absolute atomic E-state index is 5.71. The van der Waals surface area contributed by atoms with E-state index in [9.17, 15) is 0 Å². The quantitative estimate of drug-likeness (QED) is 0.887. The first-order valence-corrected chi connectivity index (χ1v) is 7.25. The normalized spacial score (nSPS) is 12.6. The van der Waals surface area contributed by atoms with Crippen molar-refractivity contribution in [2.24, 2.45) is 5.73 Å². The molecule has 19 heavy (non-hydrogen) atoms. The Kier molecular flexibility index (Phi) is 5.10. The minimum Gasteiger partial charge on any atom is -0.339 e. The smallest absolute Gasteiger partial charge is 0.226 e. The highest BCUT2D eigenvalue weighted by Gasteiger charge is 2.09. The molecule has 0 aliphatic rings. The lowest BCUT2D eigenvalue weighted by molar-refractivity contribution is 0.368. The van der Waals surface area contributed by atoms with Crippen LogP contribution in [0.3, 0.4) is 0 Å². The Hall–Kier alpha value is -1.20. The van der Waals surface area contributed by atoms with Crippen molar-refractivity contribution < 1.29 is 4.52 Å². The van der Waals surface area contributed by atoms with Gasteiger partial charge in [0.25, 0.3) is 0 Å². The van der Waals surface area contributed by atoms with E-state index in [-0.39, 0.29) is 6.04 Å². The zero-order valence-corrected chi connectivity index (χ0v) is 12.6. The fraction of sp³-hybridized carbons (Fsp3) is 0.429. The van der Waals surface area contributed by atoms with E-state index in [1.807, 2.05) is 25.1 Å². The lowest BCUT2D eigenvalue weighted by atomic mass is 10.1. The van der Waals surface area contributed by atoms with Gasteiger partial charge in [-0.15, -0.1) is 0 Å². The first kappa shape index (κ1) is 14.2. The molecule has 0 aliphatic heterocycles. The summed E-state index contributed by atoms with van der Waals surface area (Å²) in [6.07, 6.45) is 3.43. The van der Waals surface area contributed by atoms with Crippen molar-refractivity contribution in [3.8, 4) is 0 Å². The average Bonchev–Trinajstić information content (AvgIpc) is 2.79. The van der Waals surface area contributed by atoms with E-state index in [4.69, 9.17) is 10.3 Å². The van der Waals surface area contributed by atoms with Crippen LogP contribution in [0, 0.1) is 0 Å². The summed E-state index contributed by atoms with van der Waals surface area (Å²) < 4.78 is 6.31. The molecule has 1 unspecified atom stereocenters. The highest BCUT2D eigenvalue weighted by Crippen LogP contribution is 2.18. The fourth-order valence-corrected chi connectivity index (χ4v) is 2.28. The standard InChI is InChI=1S/C14H18BrN3O/c1-10(16)5-4-8-14-17-13(18-19-14)9-11-6-2-3-7-12(11)15/h2-3,6-7,10H,4-5,8-9,16H2,1H3. The molecule has 1 heterocycles. The largest absolute Gasteiger partial charge is 0.339 e. The van der Waals surface area contributed by atoms with E-state index < -0.39 is 0 Å². The fourth-order valence-electron chi connectivity index (χ4n) is 1.85. The summed E-state index contributed by atoms with van der Waals surface area (Å²) in [6.45, 7) is 2.01. The van der Waals surface area contributed by atoms with E-state index >= 15 is 0 Å². The second-order valence-corrected chi connectivity index (χ2v) is 5.60. The molecule has 0 saturated carbocycles. The third kappa shape index (κ3) is 4.44. The molecule has 0 amide bonds. The number of hydrogen-bond acceptors (Lipinski definition) is 4. The molecule has 2 N–H and O–H groups in total. The van der Waals surface area contributed by atoms with Gasteiger partial charge in [0.2, 0.25) is 5.89 Å². The van der Waals surface area contributed by atoms with Gasteiger partial charge in [-0.2, -0.15) is 4.98 Å². The minimum absolute atomic E-state index is 0.225. The summed E-state index contributed by atoms with van der Waals surface area (Å²) >= 11 is 3.52. The van der Waals surface area contributed by atoms with E-state index in [1.54, 1.807) is 0 Å². The van der Waals surface area contributed by atoms with Crippen molar-refractivity contribution in [3.05, 3.63) is 46.0 Å². The van der Waals surface area contributed by atoms with Crippen LogP contribution in [-0.4, -0.2) is 16.2 Å². The predicted molar refractivity (Wildman–Crippen MR) is 77.8 cm³/mol. The summed E-state index contributed by atoms with van der Waals surface area (Å²) in [4.78, 5) is 4.40. The molecule has 1 aromatic heterocycles. The van der Waals surface area contributed by atoms with Crippen LogP contribution < -0.4 is 5.73 Å². The Morgan fingerprint density at radius 2 is 2.16 bits per heavy atom. The van der Waals surface area contributed by atoms with Crippen molar-refractivity contribution >= 4 is 15.9 Å². The maximum atomic E-state index is 5.71. The first-order chi connectivity index (χ1) is 9.15. The minimum atomic E-state index is 0.225. The van der Waals surface area contributed by atoms with Gasteiger partial charge in [0.15, 0.2) is 5.82 Å². The van der Waals surface area contributed by atoms with Crippen molar-refractivity contribution in [2.75, 3.05) is 0 Å². The van der Waals surface area contributed by atoms with Crippen LogP contribution >= 0.6 is 15.9 Å². The van der Waals surface area contributed by atoms with Crippen LogP contribution in [0.25, 0.3) is 0 Å². The molecule has 0 saturated heterocycles. The number of aryl methyl sites for hydroxylation is 1. The van der Waals surface area contributed by atoms with E-state index in [1.165, 1.54) is 0 Å². The number of nitrogens with zero attached hydrogens (tertiary/aromatic N) is 2. The molecular weight excluding hydrogens is 306 g/mol. The molecule has 1 aromatic carbocycles. The zero-order valence-electron chi connectivity index (χ0n) is 11.0. The van der Waals surface area contributed by atoms with E-state index in [0.717, 1.165) is 35.1 Å². The lowest BCUT2D eigenvalue weighted by Crippen LogP contribution is -2.14. The Balaban J connectivity index is 1.92. The number of rotatable bonds is 6. The summed E-state index contributed by atoms with van der Waals surface area (Å²) in [5, 5.41) is 4.01. The van der Waals surface area contributed by atoms with Crippen molar-refractivity contribution in [1.29, 1.82) is 0 Å². The van der Waals surface area contributed by atoms with Crippen LogP contribution in [-0.2, 0) is 12.8 Å². The van der Waals surface area contributed by atoms with Crippen LogP contribution in [0.2, 0.25) is 0 Å². The number of hydrogen-bond donors (Lipinski definition) is 1. The predicted octanol–water partition coefficient (Wildman–Crippen LogP) is 3.09. The SMILES string of the molecule is CC(N)CCCc1nc(Cc2ccccc2Br)no1. The lowest BCUT2D eigenvalue weighted by Gasteiger charge is -2.01. The van der Waals surface area contributed by atoms with Crippen LogP contribution in [0.1, 0.15) is 37.0 Å². The molecule has 0 bridgehead atoms. The molecule has 2 aromatic rings. The first-order valence-electron chi connectivity index (χ1n) is 6.45. The van der Waals surface area contributed by atoms with Crippen molar-refractivity contribution in [3.63, 3.8) is 0 Å². The molecule has 102 valence electrons. The van der Waals surface area contributed by atoms with E-state index in [0.29, 0.717) is 12.3 Å². The van der Waals surface area contributed by atoms with Crippen LogP contribution in [0.15, 0.2) is 33.3 Å². The Labute approximate surface area is 121 Å².